The molecule has 0 radical (unpaired) electrons. The van der Waals surface area contributed by atoms with Crippen molar-refractivity contribution in [3.05, 3.63) is 65.2 Å². The zero-order valence-corrected chi connectivity index (χ0v) is 19.4. The van der Waals surface area contributed by atoms with Gasteiger partial charge in [0.05, 0.1) is 12.2 Å². The summed E-state index contributed by atoms with van der Waals surface area (Å²) in [6, 6.07) is 14.3. The molecule has 3 amide bonds. The molecule has 2 N–H and O–H groups in total. The van der Waals surface area contributed by atoms with Crippen LogP contribution in [0.4, 0.5) is 4.79 Å². The van der Waals surface area contributed by atoms with Crippen molar-refractivity contribution in [1.82, 2.24) is 9.80 Å². The quantitative estimate of drug-likeness (QED) is 0.724. The summed E-state index contributed by atoms with van der Waals surface area (Å²) < 4.78 is 11.2. The summed E-state index contributed by atoms with van der Waals surface area (Å²) in [5.41, 5.74) is 6.72. The van der Waals surface area contributed by atoms with Gasteiger partial charge in [-0.1, -0.05) is 24.3 Å². The lowest BCUT2D eigenvalue weighted by molar-refractivity contribution is 0.0141. The SMILES string of the molecule is CC(C)(C)OC(=O)N1CCN(C(=O)c2cccc(CCOc3ccccc3C(N)=O)c2)CC1. The van der Waals surface area contributed by atoms with E-state index in [1.807, 2.05) is 39.0 Å². The monoisotopic (exact) mass is 453 g/mol. The van der Waals surface area contributed by atoms with Crippen LogP contribution in [-0.2, 0) is 11.2 Å². The van der Waals surface area contributed by atoms with Crippen LogP contribution >= 0.6 is 0 Å². The van der Waals surface area contributed by atoms with Crippen molar-refractivity contribution in [2.24, 2.45) is 5.73 Å². The van der Waals surface area contributed by atoms with Crippen LogP contribution in [0.5, 0.6) is 5.75 Å². The van der Waals surface area contributed by atoms with Crippen LogP contribution in [0.3, 0.4) is 0 Å². The molecule has 1 aliphatic rings. The number of nitrogens with zero attached hydrogens (tertiary/aromatic N) is 2. The molecule has 8 heteroatoms. The summed E-state index contributed by atoms with van der Waals surface area (Å²) in [7, 11) is 0. The normalized spacial score (nSPS) is 14.0. The van der Waals surface area contributed by atoms with E-state index in [1.54, 1.807) is 40.1 Å². The van der Waals surface area contributed by atoms with Gasteiger partial charge < -0.3 is 25.0 Å². The summed E-state index contributed by atoms with van der Waals surface area (Å²) in [6.45, 7) is 7.62. The molecular formula is C25H31N3O5. The highest BCUT2D eigenvalue weighted by Gasteiger charge is 2.28. The Morgan fingerprint density at radius 3 is 2.27 bits per heavy atom. The topological polar surface area (TPSA) is 102 Å². The van der Waals surface area contributed by atoms with Crippen molar-refractivity contribution in [2.45, 2.75) is 32.8 Å². The second kappa shape index (κ2) is 10.4. The van der Waals surface area contributed by atoms with Crippen molar-refractivity contribution in [3.63, 3.8) is 0 Å². The molecule has 176 valence electrons. The number of amides is 3. The number of benzene rings is 2. The van der Waals surface area contributed by atoms with Gasteiger partial charge in [-0.15, -0.1) is 0 Å². The van der Waals surface area contributed by atoms with Gasteiger partial charge in [0.25, 0.3) is 11.8 Å². The van der Waals surface area contributed by atoms with Crippen LogP contribution in [-0.4, -0.2) is 66.1 Å². The number of rotatable bonds is 6. The summed E-state index contributed by atoms with van der Waals surface area (Å²) in [5, 5.41) is 0. The van der Waals surface area contributed by atoms with E-state index in [2.05, 4.69) is 0 Å². The average molecular weight is 454 g/mol. The number of primary amides is 1. The smallest absolute Gasteiger partial charge is 0.410 e. The van der Waals surface area contributed by atoms with Gasteiger partial charge in [-0.05, 0) is 50.6 Å². The first-order valence-electron chi connectivity index (χ1n) is 11.0. The van der Waals surface area contributed by atoms with Gasteiger partial charge in [0.2, 0.25) is 0 Å². The standard InChI is InChI=1S/C25H31N3O5/c1-25(2,3)33-24(31)28-14-12-27(13-15-28)23(30)19-8-6-7-18(17-19)11-16-32-21-10-5-4-9-20(21)22(26)29/h4-10,17H,11-16H2,1-3H3,(H2,26,29). The molecule has 0 saturated carbocycles. The summed E-state index contributed by atoms with van der Waals surface area (Å²) in [4.78, 5) is 40.1. The molecule has 8 nitrogen and oxygen atoms in total. The highest BCUT2D eigenvalue weighted by atomic mass is 16.6. The second-order valence-corrected chi connectivity index (χ2v) is 8.92. The Morgan fingerprint density at radius 1 is 0.939 bits per heavy atom. The van der Waals surface area contributed by atoms with E-state index in [0.29, 0.717) is 56.1 Å². The molecule has 1 aliphatic heterocycles. The lowest BCUT2D eigenvalue weighted by Gasteiger charge is -2.35. The van der Waals surface area contributed by atoms with Crippen molar-refractivity contribution in [1.29, 1.82) is 0 Å². The van der Waals surface area contributed by atoms with Gasteiger partial charge in [-0.2, -0.15) is 0 Å². The largest absolute Gasteiger partial charge is 0.492 e. The van der Waals surface area contributed by atoms with Gasteiger partial charge in [-0.25, -0.2) is 4.79 Å². The predicted octanol–water partition coefficient (Wildman–Crippen LogP) is 3.10. The van der Waals surface area contributed by atoms with Crippen molar-refractivity contribution >= 4 is 17.9 Å². The lowest BCUT2D eigenvalue weighted by atomic mass is 10.1. The maximum absolute atomic E-state index is 13.0. The van der Waals surface area contributed by atoms with Crippen LogP contribution in [0.2, 0.25) is 0 Å². The van der Waals surface area contributed by atoms with E-state index < -0.39 is 11.5 Å². The number of ether oxygens (including phenoxy) is 2. The molecule has 33 heavy (non-hydrogen) atoms. The van der Waals surface area contributed by atoms with E-state index in [1.165, 1.54) is 0 Å². The second-order valence-electron chi connectivity index (χ2n) is 8.92. The first-order valence-corrected chi connectivity index (χ1v) is 11.0. The predicted molar refractivity (Wildman–Crippen MR) is 124 cm³/mol. The number of hydrogen-bond donors (Lipinski definition) is 1. The zero-order valence-electron chi connectivity index (χ0n) is 19.4. The van der Waals surface area contributed by atoms with Crippen LogP contribution in [0.15, 0.2) is 48.5 Å². The lowest BCUT2D eigenvalue weighted by Crippen LogP contribution is -2.51. The maximum atomic E-state index is 13.0. The van der Waals surface area contributed by atoms with E-state index >= 15 is 0 Å². The molecule has 0 spiro atoms. The summed E-state index contributed by atoms with van der Waals surface area (Å²) >= 11 is 0. The number of hydrogen-bond acceptors (Lipinski definition) is 5. The van der Waals surface area contributed by atoms with Crippen LogP contribution < -0.4 is 10.5 Å². The fourth-order valence-electron chi connectivity index (χ4n) is 3.54. The summed E-state index contributed by atoms with van der Waals surface area (Å²) in [6.07, 6.45) is 0.218. The Balaban J connectivity index is 1.54. The minimum absolute atomic E-state index is 0.0688. The third kappa shape index (κ3) is 6.71. The Labute approximate surface area is 194 Å². The van der Waals surface area contributed by atoms with Crippen LogP contribution in [0, 0.1) is 0 Å². The number of para-hydroxylation sites is 1. The number of piperazine rings is 1. The van der Waals surface area contributed by atoms with Gasteiger partial charge in [-0.3, -0.25) is 9.59 Å². The zero-order chi connectivity index (χ0) is 24.0. The van der Waals surface area contributed by atoms with Gasteiger partial charge in [0.1, 0.15) is 11.4 Å². The van der Waals surface area contributed by atoms with Crippen molar-refractivity contribution in [2.75, 3.05) is 32.8 Å². The third-order valence-electron chi connectivity index (χ3n) is 5.19. The molecule has 0 bridgehead atoms. The van der Waals surface area contributed by atoms with E-state index in [4.69, 9.17) is 15.2 Å². The van der Waals surface area contributed by atoms with Crippen LogP contribution in [0.25, 0.3) is 0 Å². The van der Waals surface area contributed by atoms with E-state index in [-0.39, 0.29) is 12.0 Å². The number of carbonyl (C=O) groups excluding carboxylic acids is 3. The molecule has 0 atom stereocenters. The Bertz CT molecular complexity index is 1010. The van der Waals surface area contributed by atoms with Crippen molar-refractivity contribution in [3.8, 4) is 5.75 Å². The average Bonchev–Trinajstić information content (AvgIpc) is 2.78. The molecule has 3 rings (SSSR count). The first-order chi connectivity index (χ1) is 15.6. The number of nitrogens with two attached hydrogens (primary N) is 1. The molecule has 2 aromatic carbocycles. The fourth-order valence-corrected chi connectivity index (χ4v) is 3.54. The molecule has 0 unspecified atom stereocenters. The molecule has 1 fully saturated rings. The maximum Gasteiger partial charge on any atom is 0.410 e. The van der Waals surface area contributed by atoms with Crippen LogP contribution in [0.1, 0.15) is 47.1 Å². The molecule has 1 heterocycles. The summed E-state index contributed by atoms with van der Waals surface area (Å²) in [5.74, 6) is -0.161. The Kier molecular flexibility index (Phi) is 7.58. The Hall–Kier alpha value is -3.55. The highest BCUT2D eigenvalue weighted by Crippen LogP contribution is 2.18. The minimum Gasteiger partial charge on any atom is -0.492 e. The van der Waals surface area contributed by atoms with E-state index in [9.17, 15) is 14.4 Å². The fraction of sp³-hybridized carbons (Fsp3) is 0.400. The minimum atomic E-state index is -0.546. The molecule has 2 aromatic rings. The highest BCUT2D eigenvalue weighted by molar-refractivity contribution is 5.95. The van der Waals surface area contributed by atoms with E-state index in [0.717, 1.165) is 5.56 Å². The molecular weight excluding hydrogens is 422 g/mol. The molecule has 0 aromatic heterocycles. The van der Waals surface area contributed by atoms with Crippen molar-refractivity contribution < 1.29 is 23.9 Å². The Morgan fingerprint density at radius 2 is 1.61 bits per heavy atom. The van der Waals surface area contributed by atoms with Gasteiger partial charge >= 0.3 is 6.09 Å². The number of carbonyl (C=O) groups is 3. The molecule has 0 aliphatic carbocycles. The molecule has 1 saturated heterocycles. The van der Waals surface area contributed by atoms with Gasteiger partial charge in [0.15, 0.2) is 0 Å². The first kappa shape index (κ1) is 24.1. The van der Waals surface area contributed by atoms with Gasteiger partial charge in [0, 0.05) is 38.2 Å². The third-order valence-corrected chi connectivity index (χ3v) is 5.19.